The van der Waals surface area contributed by atoms with Crippen molar-refractivity contribution >= 4 is 13.9 Å². The average Bonchev–Trinajstić information content (AvgIpc) is 2.37. The van der Waals surface area contributed by atoms with Crippen LogP contribution in [0, 0.1) is 12.3 Å². The van der Waals surface area contributed by atoms with E-state index in [1.165, 1.54) is 0 Å². The predicted molar refractivity (Wildman–Crippen MR) is 54.9 cm³/mol. The molecular weight excluding hydrogens is 219 g/mol. The van der Waals surface area contributed by atoms with Gasteiger partial charge < -0.3 is 18.7 Å². The summed E-state index contributed by atoms with van der Waals surface area (Å²) in [5, 5.41) is 0. The van der Waals surface area contributed by atoms with Crippen LogP contribution in [0.3, 0.4) is 0 Å². The third-order valence-corrected chi connectivity index (χ3v) is 3.95. The zero-order chi connectivity index (χ0) is 11.5. The zero-order valence-electron chi connectivity index (χ0n) is 8.67. The van der Waals surface area contributed by atoms with Crippen LogP contribution in [0.25, 0.3) is 0 Å². The highest BCUT2D eigenvalue weighted by Gasteiger charge is 2.43. The second-order valence-electron chi connectivity index (χ2n) is 3.28. The molecule has 1 radical (unpaired) electrons. The third kappa shape index (κ3) is 3.44. The van der Waals surface area contributed by atoms with Crippen molar-refractivity contribution in [3.05, 3.63) is 0 Å². The fraction of sp³-hybridized carbons (Fsp3) is 0.667. The smallest absolute Gasteiger partial charge is 0.317 e. The Labute approximate surface area is 89.3 Å². The second-order valence-corrected chi connectivity index (χ2v) is 5.29. The Morgan fingerprint density at radius 2 is 2.07 bits per heavy atom. The van der Waals surface area contributed by atoms with Crippen LogP contribution in [-0.2, 0) is 18.6 Å². The Kier molecular flexibility index (Phi) is 4.06. The number of carbonyl (C=O) groups excluding carboxylic acids is 1. The first-order valence-corrected chi connectivity index (χ1v) is 6.30. The Hall–Kier alpha value is -0.660. The normalized spacial score (nSPS) is 34.8. The van der Waals surface area contributed by atoms with Gasteiger partial charge in [-0.25, -0.2) is 0 Å². The molecule has 1 rings (SSSR count). The molecule has 2 unspecified atom stereocenters. The van der Waals surface area contributed by atoms with Crippen molar-refractivity contribution in [2.45, 2.75) is 26.1 Å². The summed E-state index contributed by atoms with van der Waals surface area (Å²) in [4.78, 5) is 21.0. The number of terminal acetylenes is 1. The van der Waals surface area contributed by atoms with Gasteiger partial charge in [-0.2, -0.15) is 0 Å². The minimum atomic E-state index is -3.07. The molecule has 1 aliphatic heterocycles. The van der Waals surface area contributed by atoms with Gasteiger partial charge in [0.25, 0.3) is 0 Å². The number of rotatable bonds is 3. The highest BCUT2D eigenvalue weighted by molar-refractivity contribution is 7.61. The number of ether oxygens (including phenoxy) is 1. The Bertz CT molecular complexity index is 275. The van der Waals surface area contributed by atoms with Gasteiger partial charge in [-0.15, -0.1) is 6.42 Å². The van der Waals surface area contributed by atoms with Crippen LogP contribution >= 0.6 is 7.94 Å². The monoisotopic (exact) mass is 233 g/mol. The molecular formula is C9H14O5P. The summed E-state index contributed by atoms with van der Waals surface area (Å²) >= 11 is 0. The van der Waals surface area contributed by atoms with Crippen LogP contribution in [-0.4, -0.2) is 35.8 Å². The molecule has 1 heterocycles. The first kappa shape index (κ1) is 12.4. The third-order valence-electron chi connectivity index (χ3n) is 1.97. The molecule has 1 N–H and O–H groups in total. The molecule has 0 bridgehead atoms. The molecule has 15 heavy (non-hydrogen) atoms. The SMILES string of the molecule is C#CCOC(=O)C[P]1(O)OC(C)C(C)O1. The minimum Gasteiger partial charge on any atom is -0.452 e. The van der Waals surface area contributed by atoms with Crippen LogP contribution in [0.5, 0.6) is 0 Å². The van der Waals surface area contributed by atoms with Crippen molar-refractivity contribution in [2.24, 2.45) is 0 Å². The van der Waals surface area contributed by atoms with E-state index in [9.17, 15) is 9.69 Å². The molecule has 0 amide bonds. The van der Waals surface area contributed by atoms with Gasteiger partial charge in [-0.05, 0) is 13.8 Å². The van der Waals surface area contributed by atoms with Crippen LogP contribution in [0.2, 0.25) is 0 Å². The summed E-state index contributed by atoms with van der Waals surface area (Å²) in [5.74, 6) is 1.55. The van der Waals surface area contributed by atoms with Gasteiger partial charge in [0.05, 0.1) is 12.2 Å². The van der Waals surface area contributed by atoms with Gasteiger partial charge in [0, 0.05) is 0 Å². The highest BCUT2D eigenvalue weighted by atomic mass is 31.2. The molecule has 1 fully saturated rings. The number of hydrogen-bond donors (Lipinski definition) is 1. The van der Waals surface area contributed by atoms with E-state index in [0.29, 0.717) is 0 Å². The molecule has 0 aromatic carbocycles. The molecule has 5 nitrogen and oxygen atoms in total. The summed E-state index contributed by atoms with van der Waals surface area (Å²) in [5.41, 5.74) is 0. The lowest BCUT2D eigenvalue weighted by atomic mass is 10.3. The van der Waals surface area contributed by atoms with E-state index in [2.05, 4.69) is 10.7 Å². The molecule has 85 valence electrons. The van der Waals surface area contributed by atoms with Gasteiger partial charge >= 0.3 is 5.97 Å². The fourth-order valence-corrected chi connectivity index (χ4v) is 3.12. The van der Waals surface area contributed by atoms with Crippen molar-refractivity contribution < 1.29 is 23.5 Å². The number of esters is 1. The molecule has 2 atom stereocenters. The molecule has 0 aromatic rings. The van der Waals surface area contributed by atoms with E-state index in [1.54, 1.807) is 13.8 Å². The van der Waals surface area contributed by atoms with Crippen LogP contribution in [0.4, 0.5) is 0 Å². The minimum absolute atomic E-state index is 0.107. The van der Waals surface area contributed by atoms with Gasteiger partial charge in [0.2, 0.25) is 7.94 Å². The van der Waals surface area contributed by atoms with Gasteiger partial charge in [0.15, 0.2) is 6.61 Å². The molecule has 0 aliphatic carbocycles. The van der Waals surface area contributed by atoms with Crippen LogP contribution < -0.4 is 0 Å². The van der Waals surface area contributed by atoms with Gasteiger partial charge in [0.1, 0.15) is 6.16 Å². The first-order chi connectivity index (χ1) is 6.97. The van der Waals surface area contributed by atoms with Crippen molar-refractivity contribution in [1.82, 2.24) is 0 Å². The summed E-state index contributed by atoms with van der Waals surface area (Å²) in [6.07, 6.45) is 4.21. The summed E-state index contributed by atoms with van der Waals surface area (Å²) in [6.45, 7) is 3.44. The molecule has 1 saturated heterocycles. The van der Waals surface area contributed by atoms with E-state index in [-0.39, 0.29) is 25.0 Å². The zero-order valence-corrected chi connectivity index (χ0v) is 9.57. The lowest BCUT2D eigenvalue weighted by Crippen LogP contribution is -2.14. The topological polar surface area (TPSA) is 65.0 Å². The van der Waals surface area contributed by atoms with E-state index in [4.69, 9.17) is 15.5 Å². The Morgan fingerprint density at radius 1 is 1.53 bits per heavy atom. The predicted octanol–water partition coefficient (Wildman–Crippen LogP) is 0.742. The van der Waals surface area contributed by atoms with E-state index < -0.39 is 13.9 Å². The highest BCUT2D eigenvalue weighted by Crippen LogP contribution is 2.63. The molecule has 0 spiro atoms. The maximum absolute atomic E-state index is 11.2. The van der Waals surface area contributed by atoms with E-state index in [1.807, 2.05) is 0 Å². The van der Waals surface area contributed by atoms with Gasteiger partial charge in [-0.1, -0.05) is 5.92 Å². The van der Waals surface area contributed by atoms with Crippen LogP contribution in [0.1, 0.15) is 13.8 Å². The maximum atomic E-state index is 11.2. The van der Waals surface area contributed by atoms with E-state index in [0.717, 1.165) is 0 Å². The van der Waals surface area contributed by atoms with Gasteiger partial charge in [-0.3, -0.25) is 4.79 Å². The largest absolute Gasteiger partial charge is 0.452 e. The van der Waals surface area contributed by atoms with Crippen LogP contribution in [0.15, 0.2) is 0 Å². The van der Waals surface area contributed by atoms with Crippen molar-refractivity contribution in [1.29, 1.82) is 0 Å². The summed E-state index contributed by atoms with van der Waals surface area (Å²) in [6, 6.07) is 0. The summed E-state index contributed by atoms with van der Waals surface area (Å²) in [7, 11) is -3.07. The standard InChI is InChI=1S/C9H14O5P/c1-4-5-12-9(10)6-15(11)13-7(2)8(3)14-15/h1,7-8,11H,5-6H2,2-3H3. The van der Waals surface area contributed by atoms with Crippen molar-refractivity contribution in [3.8, 4) is 12.3 Å². The van der Waals surface area contributed by atoms with E-state index >= 15 is 0 Å². The number of carbonyl (C=O) groups is 1. The maximum Gasteiger partial charge on any atom is 0.317 e. The number of hydrogen-bond acceptors (Lipinski definition) is 5. The van der Waals surface area contributed by atoms with Crippen molar-refractivity contribution in [2.75, 3.05) is 12.8 Å². The Morgan fingerprint density at radius 3 is 2.53 bits per heavy atom. The average molecular weight is 233 g/mol. The second kappa shape index (κ2) is 4.91. The quantitative estimate of drug-likeness (QED) is 0.442. The Balaban J connectivity index is 2.45. The lowest BCUT2D eigenvalue weighted by molar-refractivity contribution is -0.139. The molecule has 0 aromatic heterocycles. The lowest BCUT2D eigenvalue weighted by Gasteiger charge is -2.20. The first-order valence-electron chi connectivity index (χ1n) is 4.53. The molecule has 1 aliphatic rings. The van der Waals surface area contributed by atoms with Crippen molar-refractivity contribution in [3.63, 3.8) is 0 Å². The molecule has 6 heteroatoms. The molecule has 0 saturated carbocycles. The fourth-order valence-electron chi connectivity index (χ4n) is 1.12. The summed E-state index contributed by atoms with van der Waals surface area (Å²) < 4.78 is 15.0.